The van der Waals surface area contributed by atoms with Gasteiger partial charge in [-0.05, 0) is 12.8 Å². The smallest absolute Gasteiger partial charge is 0.319 e. The maximum absolute atomic E-state index is 11.9. The zero-order valence-corrected chi connectivity index (χ0v) is 12.9. The molecule has 3 N–H and O–H groups in total. The third-order valence-electron chi connectivity index (χ3n) is 3.63. The summed E-state index contributed by atoms with van der Waals surface area (Å²) in [5.41, 5.74) is 0.429. The lowest BCUT2D eigenvalue weighted by atomic mass is 9.93. The van der Waals surface area contributed by atoms with E-state index in [0.29, 0.717) is 5.69 Å². The number of urea groups is 1. The molecule has 0 aromatic carbocycles. The molecule has 2 unspecified atom stereocenters. The standard InChI is InChI=1S/C15H24N4O2/c1-15(2,3)13-16-8-10(9-17-13)18-14(21)19-11-6-4-5-7-12(11)20/h8-9,11-12,20H,4-7H2,1-3H3,(H2,18,19,21). The van der Waals surface area contributed by atoms with Gasteiger partial charge in [-0.2, -0.15) is 0 Å². The summed E-state index contributed by atoms with van der Waals surface area (Å²) in [5, 5.41) is 15.4. The van der Waals surface area contributed by atoms with Crippen molar-refractivity contribution in [2.75, 3.05) is 5.32 Å². The predicted molar refractivity (Wildman–Crippen MR) is 81.1 cm³/mol. The monoisotopic (exact) mass is 292 g/mol. The van der Waals surface area contributed by atoms with E-state index in [9.17, 15) is 9.90 Å². The Morgan fingerprint density at radius 2 is 1.86 bits per heavy atom. The highest BCUT2D eigenvalue weighted by Gasteiger charge is 2.24. The highest BCUT2D eigenvalue weighted by atomic mass is 16.3. The van der Waals surface area contributed by atoms with E-state index in [1.165, 1.54) is 0 Å². The molecule has 6 heteroatoms. The Bertz CT molecular complexity index is 481. The first-order valence-corrected chi connectivity index (χ1v) is 7.44. The number of hydrogen-bond donors (Lipinski definition) is 3. The third-order valence-corrected chi connectivity index (χ3v) is 3.63. The van der Waals surface area contributed by atoms with Gasteiger partial charge in [0.25, 0.3) is 0 Å². The number of rotatable bonds is 2. The lowest BCUT2D eigenvalue weighted by molar-refractivity contribution is 0.0955. The summed E-state index contributed by atoms with van der Waals surface area (Å²) in [4.78, 5) is 20.4. The fraction of sp³-hybridized carbons (Fsp3) is 0.667. The van der Waals surface area contributed by atoms with Gasteiger partial charge in [-0.1, -0.05) is 33.6 Å². The molecule has 0 aliphatic heterocycles. The molecule has 2 rings (SSSR count). The van der Waals surface area contributed by atoms with Crippen molar-refractivity contribution in [3.05, 3.63) is 18.2 Å². The number of nitrogens with zero attached hydrogens (tertiary/aromatic N) is 2. The molecule has 1 heterocycles. The number of amides is 2. The van der Waals surface area contributed by atoms with Gasteiger partial charge in [0.2, 0.25) is 0 Å². The fourth-order valence-electron chi connectivity index (χ4n) is 2.40. The molecule has 0 spiro atoms. The quantitative estimate of drug-likeness (QED) is 0.780. The number of aliphatic hydroxyl groups excluding tert-OH is 1. The van der Waals surface area contributed by atoms with Crippen molar-refractivity contribution in [2.24, 2.45) is 0 Å². The van der Waals surface area contributed by atoms with Crippen LogP contribution in [0.15, 0.2) is 12.4 Å². The lowest BCUT2D eigenvalue weighted by Gasteiger charge is -2.28. The second kappa shape index (κ2) is 6.39. The van der Waals surface area contributed by atoms with Gasteiger partial charge >= 0.3 is 6.03 Å². The van der Waals surface area contributed by atoms with E-state index >= 15 is 0 Å². The zero-order valence-electron chi connectivity index (χ0n) is 12.9. The number of aliphatic hydroxyl groups is 1. The van der Waals surface area contributed by atoms with Crippen LogP contribution in [0.2, 0.25) is 0 Å². The van der Waals surface area contributed by atoms with Crippen LogP contribution in [0.5, 0.6) is 0 Å². The van der Waals surface area contributed by atoms with Crippen molar-refractivity contribution in [1.82, 2.24) is 15.3 Å². The molecule has 6 nitrogen and oxygen atoms in total. The molecule has 1 saturated carbocycles. The molecule has 1 aliphatic carbocycles. The summed E-state index contributed by atoms with van der Waals surface area (Å²) in [6, 6.07) is -0.499. The molecule has 1 aromatic rings. The fourth-order valence-corrected chi connectivity index (χ4v) is 2.40. The molecule has 0 saturated heterocycles. The van der Waals surface area contributed by atoms with Crippen LogP contribution in [0.3, 0.4) is 0 Å². The van der Waals surface area contributed by atoms with E-state index in [4.69, 9.17) is 0 Å². The van der Waals surface area contributed by atoms with Crippen LogP contribution < -0.4 is 10.6 Å². The number of carbonyl (C=O) groups excluding carboxylic acids is 1. The van der Waals surface area contributed by atoms with Crippen LogP contribution in [0, 0.1) is 0 Å². The number of carbonyl (C=O) groups is 1. The van der Waals surface area contributed by atoms with Crippen molar-refractivity contribution in [2.45, 2.75) is 64.0 Å². The summed E-state index contributed by atoms with van der Waals surface area (Å²) in [6.45, 7) is 6.10. The molecule has 116 valence electrons. The van der Waals surface area contributed by atoms with Gasteiger partial charge in [-0.15, -0.1) is 0 Å². The normalized spacial score (nSPS) is 22.7. The molecule has 1 aliphatic rings. The van der Waals surface area contributed by atoms with Crippen LogP contribution in [0.4, 0.5) is 10.5 Å². The molecule has 0 bridgehead atoms. The van der Waals surface area contributed by atoms with Gasteiger partial charge in [-0.3, -0.25) is 0 Å². The third kappa shape index (κ3) is 4.39. The van der Waals surface area contributed by atoms with Crippen LogP contribution >= 0.6 is 0 Å². The van der Waals surface area contributed by atoms with Crippen molar-refractivity contribution in [1.29, 1.82) is 0 Å². The lowest BCUT2D eigenvalue weighted by Crippen LogP contribution is -2.46. The zero-order chi connectivity index (χ0) is 15.5. The molecule has 1 fully saturated rings. The Balaban J connectivity index is 1.90. The first-order chi connectivity index (χ1) is 9.86. The molecule has 21 heavy (non-hydrogen) atoms. The second-order valence-corrected chi connectivity index (χ2v) is 6.60. The average Bonchev–Trinajstić information content (AvgIpc) is 2.41. The Morgan fingerprint density at radius 3 is 2.43 bits per heavy atom. The predicted octanol–water partition coefficient (Wildman–Crippen LogP) is 2.20. The van der Waals surface area contributed by atoms with E-state index < -0.39 is 6.10 Å². The topological polar surface area (TPSA) is 87.1 Å². The Labute approximate surface area is 125 Å². The average molecular weight is 292 g/mol. The summed E-state index contributed by atoms with van der Waals surface area (Å²) in [6.07, 6.45) is 6.36. The highest BCUT2D eigenvalue weighted by molar-refractivity contribution is 5.89. The SMILES string of the molecule is CC(C)(C)c1ncc(NC(=O)NC2CCCCC2O)cn1. The van der Waals surface area contributed by atoms with E-state index in [1.807, 2.05) is 20.8 Å². The van der Waals surface area contributed by atoms with Crippen LogP contribution in [-0.4, -0.2) is 33.3 Å². The Kier molecular flexibility index (Phi) is 4.77. The van der Waals surface area contributed by atoms with Crippen molar-refractivity contribution >= 4 is 11.7 Å². The minimum atomic E-state index is -0.455. The Hall–Kier alpha value is -1.69. The van der Waals surface area contributed by atoms with Crippen molar-refractivity contribution in [3.63, 3.8) is 0 Å². The van der Waals surface area contributed by atoms with Gasteiger partial charge < -0.3 is 15.7 Å². The summed E-state index contributed by atoms with van der Waals surface area (Å²) in [5.74, 6) is 0.733. The van der Waals surface area contributed by atoms with Gasteiger partial charge in [0, 0.05) is 5.41 Å². The number of nitrogens with one attached hydrogen (secondary N) is 2. The van der Waals surface area contributed by atoms with Crippen molar-refractivity contribution < 1.29 is 9.90 Å². The van der Waals surface area contributed by atoms with Gasteiger partial charge in [0.1, 0.15) is 5.82 Å². The van der Waals surface area contributed by atoms with E-state index in [-0.39, 0.29) is 17.5 Å². The molecule has 2 atom stereocenters. The van der Waals surface area contributed by atoms with Crippen LogP contribution in [0.25, 0.3) is 0 Å². The Morgan fingerprint density at radius 1 is 1.24 bits per heavy atom. The van der Waals surface area contributed by atoms with Gasteiger partial charge in [0.15, 0.2) is 0 Å². The minimum absolute atomic E-state index is 0.118. The number of anilines is 1. The summed E-state index contributed by atoms with van der Waals surface area (Å²) >= 11 is 0. The first kappa shape index (κ1) is 15.7. The summed E-state index contributed by atoms with van der Waals surface area (Å²) in [7, 11) is 0. The molecule has 1 aromatic heterocycles. The largest absolute Gasteiger partial charge is 0.391 e. The van der Waals surface area contributed by atoms with Gasteiger partial charge in [-0.25, -0.2) is 14.8 Å². The first-order valence-electron chi connectivity index (χ1n) is 7.44. The number of hydrogen-bond acceptors (Lipinski definition) is 4. The minimum Gasteiger partial charge on any atom is -0.391 e. The molecule has 2 amide bonds. The highest BCUT2D eigenvalue weighted by Crippen LogP contribution is 2.19. The van der Waals surface area contributed by atoms with Crippen LogP contribution in [-0.2, 0) is 5.41 Å². The molecular formula is C15H24N4O2. The maximum atomic E-state index is 11.9. The van der Waals surface area contributed by atoms with Crippen LogP contribution in [0.1, 0.15) is 52.3 Å². The summed E-state index contributed by atoms with van der Waals surface area (Å²) < 4.78 is 0. The van der Waals surface area contributed by atoms with E-state index in [0.717, 1.165) is 31.5 Å². The second-order valence-electron chi connectivity index (χ2n) is 6.60. The van der Waals surface area contributed by atoms with Gasteiger partial charge in [0.05, 0.1) is 30.2 Å². The van der Waals surface area contributed by atoms with E-state index in [2.05, 4.69) is 20.6 Å². The van der Waals surface area contributed by atoms with E-state index in [1.54, 1.807) is 12.4 Å². The number of aromatic nitrogens is 2. The molecule has 0 radical (unpaired) electrons. The maximum Gasteiger partial charge on any atom is 0.319 e. The van der Waals surface area contributed by atoms with Crippen molar-refractivity contribution in [3.8, 4) is 0 Å². The molecular weight excluding hydrogens is 268 g/mol.